The first-order valence-corrected chi connectivity index (χ1v) is 6.97. The Morgan fingerprint density at radius 1 is 1.45 bits per heavy atom. The third-order valence-electron chi connectivity index (χ3n) is 3.32. The molecule has 0 aromatic carbocycles. The van der Waals surface area contributed by atoms with E-state index < -0.39 is 0 Å². The van der Waals surface area contributed by atoms with E-state index in [9.17, 15) is 0 Å². The number of nitrogens with one attached hydrogen (secondary N) is 1. The van der Waals surface area contributed by atoms with Gasteiger partial charge in [0.2, 0.25) is 0 Å². The van der Waals surface area contributed by atoms with Crippen molar-refractivity contribution in [2.75, 3.05) is 6.54 Å². The summed E-state index contributed by atoms with van der Waals surface area (Å²) in [5.74, 6) is 0. The van der Waals surface area contributed by atoms with Crippen molar-refractivity contribution in [3.63, 3.8) is 0 Å². The van der Waals surface area contributed by atoms with E-state index in [0.717, 1.165) is 18.5 Å². The summed E-state index contributed by atoms with van der Waals surface area (Å²) in [6.45, 7) is 6.03. The van der Waals surface area contributed by atoms with Crippen molar-refractivity contribution >= 4 is 0 Å². The van der Waals surface area contributed by atoms with E-state index in [-0.39, 0.29) is 0 Å². The molecular weight excluding hydrogens is 248 g/mol. The highest BCUT2D eigenvalue weighted by Gasteiger charge is 2.07. The lowest BCUT2D eigenvalue weighted by Crippen LogP contribution is -2.18. The molecule has 4 nitrogen and oxygen atoms in total. The highest BCUT2D eigenvalue weighted by Crippen LogP contribution is 2.14. The number of nitrogens with zero attached hydrogens (tertiary/aromatic N) is 3. The molecular formula is C16H20N4. The first-order valence-electron chi connectivity index (χ1n) is 6.97. The van der Waals surface area contributed by atoms with E-state index >= 15 is 0 Å². The van der Waals surface area contributed by atoms with Crippen LogP contribution < -0.4 is 5.32 Å². The molecule has 0 radical (unpaired) electrons. The summed E-state index contributed by atoms with van der Waals surface area (Å²) in [6, 6.07) is 8.42. The Morgan fingerprint density at radius 3 is 3.05 bits per heavy atom. The lowest BCUT2D eigenvalue weighted by Gasteiger charge is -2.11. The predicted molar refractivity (Wildman–Crippen MR) is 79.2 cm³/mol. The standard InChI is InChI=1S/C16H20N4/c1-3-7-18-13(2)14-6-9-20(11-14)12-15-5-4-8-19-16(15)10-17/h4-6,8-9,11,13,18H,3,7,12H2,1-2H3. The largest absolute Gasteiger partial charge is 0.349 e. The van der Waals surface area contributed by atoms with E-state index in [2.05, 4.69) is 47.0 Å². The van der Waals surface area contributed by atoms with Crippen LogP contribution in [0.2, 0.25) is 0 Å². The summed E-state index contributed by atoms with van der Waals surface area (Å²) in [7, 11) is 0. The van der Waals surface area contributed by atoms with Crippen molar-refractivity contribution in [2.24, 2.45) is 0 Å². The lowest BCUT2D eigenvalue weighted by molar-refractivity contribution is 0.569. The minimum absolute atomic E-state index is 0.348. The molecule has 2 aromatic rings. The molecule has 0 fully saturated rings. The van der Waals surface area contributed by atoms with Crippen molar-refractivity contribution in [2.45, 2.75) is 32.9 Å². The van der Waals surface area contributed by atoms with Crippen molar-refractivity contribution in [3.8, 4) is 6.07 Å². The predicted octanol–water partition coefficient (Wildman–Crippen LogP) is 2.86. The maximum absolute atomic E-state index is 9.06. The summed E-state index contributed by atoms with van der Waals surface area (Å²) in [6.07, 6.45) is 6.96. The smallest absolute Gasteiger partial charge is 0.145 e. The van der Waals surface area contributed by atoms with Gasteiger partial charge in [0.25, 0.3) is 0 Å². The van der Waals surface area contributed by atoms with Crippen molar-refractivity contribution in [1.82, 2.24) is 14.9 Å². The molecule has 104 valence electrons. The molecule has 0 aliphatic carbocycles. The van der Waals surface area contributed by atoms with Gasteiger partial charge in [-0.1, -0.05) is 13.0 Å². The highest BCUT2D eigenvalue weighted by atomic mass is 15.0. The Labute approximate surface area is 120 Å². The molecule has 1 N–H and O–H groups in total. The van der Waals surface area contributed by atoms with Crippen LogP contribution in [0.3, 0.4) is 0 Å². The van der Waals surface area contributed by atoms with Crippen LogP contribution in [-0.2, 0) is 6.54 Å². The van der Waals surface area contributed by atoms with E-state index in [1.54, 1.807) is 6.20 Å². The van der Waals surface area contributed by atoms with E-state index in [4.69, 9.17) is 5.26 Å². The summed E-state index contributed by atoms with van der Waals surface area (Å²) < 4.78 is 2.09. The normalized spacial score (nSPS) is 12.1. The van der Waals surface area contributed by atoms with Crippen molar-refractivity contribution in [3.05, 3.63) is 53.6 Å². The second-order valence-corrected chi connectivity index (χ2v) is 4.92. The Balaban J connectivity index is 2.08. The van der Waals surface area contributed by atoms with Crippen LogP contribution in [0.15, 0.2) is 36.8 Å². The summed E-state index contributed by atoms with van der Waals surface area (Å²) in [4.78, 5) is 4.09. The van der Waals surface area contributed by atoms with Crippen molar-refractivity contribution < 1.29 is 0 Å². The molecule has 20 heavy (non-hydrogen) atoms. The number of nitriles is 1. The molecule has 0 saturated carbocycles. The minimum atomic E-state index is 0.348. The van der Waals surface area contributed by atoms with Crippen LogP contribution in [0, 0.1) is 11.3 Å². The van der Waals surface area contributed by atoms with Gasteiger partial charge in [0.15, 0.2) is 0 Å². The molecule has 2 rings (SSSR count). The van der Waals surface area contributed by atoms with Gasteiger partial charge in [0.1, 0.15) is 11.8 Å². The number of rotatable bonds is 6. The second kappa shape index (κ2) is 6.88. The van der Waals surface area contributed by atoms with Crippen LogP contribution in [0.25, 0.3) is 0 Å². The zero-order valence-electron chi connectivity index (χ0n) is 12.0. The van der Waals surface area contributed by atoms with Crippen LogP contribution in [0.1, 0.15) is 43.1 Å². The average Bonchev–Trinajstić information content (AvgIpc) is 2.94. The van der Waals surface area contributed by atoms with Gasteiger partial charge in [-0.15, -0.1) is 0 Å². The molecule has 4 heteroatoms. The van der Waals surface area contributed by atoms with E-state index in [1.165, 1.54) is 5.56 Å². The highest BCUT2D eigenvalue weighted by molar-refractivity contribution is 5.31. The fraction of sp³-hybridized carbons (Fsp3) is 0.375. The van der Waals surface area contributed by atoms with Crippen LogP contribution in [0.5, 0.6) is 0 Å². The number of pyridine rings is 1. The average molecular weight is 268 g/mol. The molecule has 1 atom stereocenters. The van der Waals surface area contributed by atoms with Gasteiger partial charge in [-0.2, -0.15) is 5.26 Å². The van der Waals surface area contributed by atoms with Gasteiger partial charge in [0.05, 0.1) is 0 Å². The SMILES string of the molecule is CCCNC(C)c1ccn(Cc2cccnc2C#N)c1. The van der Waals surface area contributed by atoms with E-state index in [1.807, 2.05) is 18.3 Å². The third kappa shape index (κ3) is 3.46. The summed E-state index contributed by atoms with van der Waals surface area (Å²) in [5, 5.41) is 12.5. The van der Waals surface area contributed by atoms with Crippen LogP contribution in [-0.4, -0.2) is 16.1 Å². The molecule has 0 spiro atoms. The molecule has 0 bridgehead atoms. The van der Waals surface area contributed by atoms with Gasteiger partial charge in [-0.3, -0.25) is 0 Å². The fourth-order valence-corrected chi connectivity index (χ4v) is 2.16. The number of hydrogen-bond donors (Lipinski definition) is 1. The summed E-state index contributed by atoms with van der Waals surface area (Å²) in [5.41, 5.74) is 2.71. The first kappa shape index (κ1) is 14.3. The Kier molecular flexibility index (Phi) is 4.91. The summed E-state index contributed by atoms with van der Waals surface area (Å²) >= 11 is 0. The third-order valence-corrected chi connectivity index (χ3v) is 3.32. The maximum atomic E-state index is 9.06. The first-order chi connectivity index (χ1) is 9.74. The molecule has 0 aliphatic rings. The topological polar surface area (TPSA) is 53.6 Å². The van der Waals surface area contributed by atoms with E-state index in [0.29, 0.717) is 18.3 Å². The fourth-order valence-electron chi connectivity index (χ4n) is 2.16. The molecule has 2 aromatic heterocycles. The van der Waals surface area contributed by atoms with Gasteiger partial charge in [0, 0.05) is 36.7 Å². The Bertz CT molecular complexity index is 595. The van der Waals surface area contributed by atoms with Crippen LogP contribution >= 0.6 is 0 Å². The number of aromatic nitrogens is 2. The zero-order chi connectivity index (χ0) is 14.4. The zero-order valence-corrected chi connectivity index (χ0v) is 12.0. The lowest BCUT2D eigenvalue weighted by atomic mass is 10.2. The molecule has 0 saturated heterocycles. The molecule has 2 heterocycles. The Morgan fingerprint density at radius 2 is 2.30 bits per heavy atom. The quantitative estimate of drug-likeness (QED) is 0.876. The van der Waals surface area contributed by atoms with Gasteiger partial charge >= 0.3 is 0 Å². The minimum Gasteiger partial charge on any atom is -0.349 e. The molecule has 0 amide bonds. The van der Waals surface area contributed by atoms with Gasteiger partial charge in [-0.05, 0) is 37.6 Å². The Hall–Kier alpha value is -2.12. The second-order valence-electron chi connectivity index (χ2n) is 4.92. The maximum Gasteiger partial charge on any atom is 0.145 e. The van der Waals surface area contributed by atoms with Gasteiger partial charge < -0.3 is 9.88 Å². The van der Waals surface area contributed by atoms with Gasteiger partial charge in [-0.25, -0.2) is 4.98 Å². The van der Waals surface area contributed by atoms with Crippen LogP contribution in [0.4, 0.5) is 0 Å². The number of hydrogen-bond acceptors (Lipinski definition) is 3. The van der Waals surface area contributed by atoms with Crippen molar-refractivity contribution in [1.29, 1.82) is 5.26 Å². The molecule has 0 aliphatic heterocycles. The molecule has 1 unspecified atom stereocenters. The monoisotopic (exact) mass is 268 g/mol.